The van der Waals surface area contributed by atoms with Gasteiger partial charge in [0.2, 0.25) is 0 Å². The van der Waals surface area contributed by atoms with E-state index in [4.69, 9.17) is 4.74 Å². The van der Waals surface area contributed by atoms with Crippen LogP contribution in [0.2, 0.25) is 0 Å². The Morgan fingerprint density at radius 2 is 2.00 bits per heavy atom. The molecule has 1 aliphatic heterocycles. The van der Waals surface area contributed by atoms with E-state index >= 15 is 0 Å². The van der Waals surface area contributed by atoms with Crippen molar-refractivity contribution < 1.29 is 13.9 Å². The molecule has 1 fully saturated rings. The normalized spacial score (nSPS) is 20.1. The summed E-state index contributed by atoms with van der Waals surface area (Å²) in [7, 11) is 4.00. The number of ether oxygens (including phenoxy) is 1. The number of hydrogen-bond acceptors (Lipinski definition) is 3. The van der Waals surface area contributed by atoms with E-state index in [-0.39, 0.29) is 23.9 Å². The fourth-order valence-corrected chi connectivity index (χ4v) is 3.89. The molecule has 2 aromatic carbocycles. The monoisotopic (exact) mass is 381 g/mol. The van der Waals surface area contributed by atoms with Gasteiger partial charge in [0.25, 0.3) is 5.91 Å². The van der Waals surface area contributed by atoms with Crippen LogP contribution in [0, 0.1) is 5.82 Å². The molecule has 0 aliphatic carbocycles. The second-order valence-corrected chi connectivity index (χ2v) is 7.44. The Balaban J connectivity index is 1.70. The number of benzene rings is 2. The zero-order valence-corrected chi connectivity index (χ0v) is 16.1. The maximum Gasteiger partial charge on any atom is 0.270 e. The molecular formula is C22H24FN3O2. The molecular weight excluding hydrogens is 357 g/mol. The lowest BCUT2D eigenvalue weighted by Crippen LogP contribution is -2.51. The van der Waals surface area contributed by atoms with Gasteiger partial charge in [-0.3, -0.25) is 4.79 Å². The number of aromatic nitrogens is 1. The van der Waals surface area contributed by atoms with Crippen LogP contribution < -0.4 is 0 Å². The Labute approximate surface area is 163 Å². The van der Waals surface area contributed by atoms with E-state index in [1.165, 1.54) is 12.1 Å². The molecule has 1 aromatic heterocycles. The number of carbonyl (C=O) groups excluding carboxylic acids is 1. The highest BCUT2D eigenvalue weighted by Crippen LogP contribution is 2.31. The average Bonchev–Trinajstić information content (AvgIpc) is 3.10. The van der Waals surface area contributed by atoms with Gasteiger partial charge in [0.05, 0.1) is 18.8 Å². The quantitative estimate of drug-likeness (QED) is 0.753. The summed E-state index contributed by atoms with van der Waals surface area (Å²) in [6.07, 6.45) is -0.128. The van der Waals surface area contributed by atoms with Gasteiger partial charge in [-0.05, 0) is 43.9 Å². The first-order chi connectivity index (χ1) is 13.5. The molecule has 1 amide bonds. The number of likely N-dealkylation sites (N-methyl/N-ethyl adjacent to an activating group) is 1. The van der Waals surface area contributed by atoms with Gasteiger partial charge in [0.15, 0.2) is 0 Å². The van der Waals surface area contributed by atoms with Crippen LogP contribution in [0.5, 0.6) is 0 Å². The van der Waals surface area contributed by atoms with Gasteiger partial charge in [-0.1, -0.05) is 30.3 Å². The summed E-state index contributed by atoms with van der Waals surface area (Å²) in [6, 6.07) is 16.0. The van der Waals surface area contributed by atoms with Gasteiger partial charge in [0.1, 0.15) is 11.5 Å². The van der Waals surface area contributed by atoms with Crippen molar-refractivity contribution in [3.05, 3.63) is 71.7 Å². The minimum absolute atomic E-state index is 0.0995. The molecule has 4 rings (SSSR count). The van der Waals surface area contributed by atoms with Gasteiger partial charge in [-0.15, -0.1) is 0 Å². The Kier molecular flexibility index (Phi) is 5.15. The van der Waals surface area contributed by atoms with E-state index in [0.29, 0.717) is 30.8 Å². The number of hydrogen-bond donors (Lipinski definition) is 1. The van der Waals surface area contributed by atoms with Gasteiger partial charge in [-0.2, -0.15) is 0 Å². The highest BCUT2D eigenvalue weighted by Gasteiger charge is 2.37. The summed E-state index contributed by atoms with van der Waals surface area (Å²) in [4.78, 5) is 20.5. The smallest absolute Gasteiger partial charge is 0.270 e. The average molecular weight is 381 g/mol. The number of halogens is 1. The molecule has 1 N–H and O–H groups in total. The van der Waals surface area contributed by atoms with Crippen LogP contribution in [0.3, 0.4) is 0 Å². The lowest BCUT2D eigenvalue weighted by atomic mass is 9.97. The third-order valence-corrected chi connectivity index (χ3v) is 5.11. The summed E-state index contributed by atoms with van der Waals surface area (Å²) >= 11 is 0. The number of carbonyl (C=O) groups is 1. The molecule has 2 heterocycles. The van der Waals surface area contributed by atoms with Crippen LogP contribution in [-0.4, -0.2) is 60.6 Å². The predicted octanol–water partition coefficient (Wildman–Crippen LogP) is 3.45. The molecule has 0 unspecified atom stereocenters. The maximum atomic E-state index is 13.5. The Hall–Kier alpha value is -2.70. The molecule has 6 heteroatoms. The summed E-state index contributed by atoms with van der Waals surface area (Å²) in [5.41, 5.74) is 2.26. The van der Waals surface area contributed by atoms with Gasteiger partial charge < -0.3 is 19.5 Å². The lowest BCUT2D eigenvalue weighted by Gasteiger charge is -2.42. The molecule has 0 spiro atoms. The van der Waals surface area contributed by atoms with Crippen molar-refractivity contribution in [2.75, 3.05) is 33.8 Å². The van der Waals surface area contributed by atoms with Gasteiger partial charge in [-0.25, -0.2) is 4.39 Å². The molecule has 0 bridgehead atoms. The molecule has 0 saturated carbocycles. The van der Waals surface area contributed by atoms with Crippen molar-refractivity contribution in [1.29, 1.82) is 0 Å². The van der Waals surface area contributed by atoms with E-state index in [1.807, 2.05) is 49.3 Å². The largest absolute Gasteiger partial charge is 0.373 e. The molecule has 28 heavy (non-hydrogen) atoms. The van der Waals surface area contributed by atoms with E-state index in [0.717, 1.165) is 11.1 Å². The second-order valence-electron chi connectivity index (χ2n) is 7.44. The first kappa shape index (κ1) is 18.7. The molecule has 2 atom stereocenters. The molecule has 3 aromatic rings. The standard InChI is InChI=1S/C22H24FN3O2/c1-25(2)14-20-21(15-6-4-3-5-7-15)26(10-11-28-20)22(27)19-13-16-12-17(23)8-9-18(16)24-19/h3-9,12-13,20-21,24H,10-11,14H2,1-2H3/t20-,21-/m0/s1. The molecule has 1 aliphatic rings. The third-order valence-electron chi connectivity index (χ3n) is 5.11. The first-order valence-corrected chi connectivity index (χ1v) is 9.43. The van der Waals surface area contributed by atoms with E-state index in [2.05, 4.69) is 9.88 Å². The SMILES string of the molecule is CN(C)C[C@@H]1OCCN(C(=O)c2cc3cc(F)ccc3[nH]2)[C@H]1c1ccccc1. The predicted molar refractivity (Wildman–Crippen MR) is 107 cm³/mol. The summed E-state index contributed by atoms with van der Waals surface area (Å²) < 4.78 is 19.6. The molecule has 0 radical (unpaired) electrons. The summed E-state index contributed by atoms with van der Waals surface area (Å²) in [6.45, 7) is 1.70. The lowest BCUT2D eigenvalue weighted by molar-refractivity contribution is -0.0685. The highest BCUT2D eigenvalue weighted by molar-refractivity contribution is 5.98. The number of nitrogens with one attached hydrogen (secondary N) is 1. The highest BCUT2D eigenvalue weighted by atomic mass is 19.1. The number of rotatable bonds is 4. The molecule has 5 nitrogen and oxygen atoms in total. The number of fused-ring (bicyclic) bond motifs is 1. The zero-order chi connectivity index (χ0) is 19.7. The van der Waals surface area contributed by atoms with Gasteiger partial charge in [0, 0.05) is 24.0 Å². The number of amides is 1. The molecule has 146 valence electrons. The number of morpholine rings is 1. The van der Waals surface area contributed by atoms with E-state index in [1.54, 1.807) is 12.1 Å². The minimum Gasteiger partial charge on any atom is -0.373 e. The number of H-pyrrole nitrogens is 1. The topological polar surface area (TPSA) is 48.6 Å². The second kappa shape index (κ2) is 7.73. The van der Waals surface area contributed by atoms with Crippen LogP contribution in [-0.2, 0) is 4.74 Å². The van der Waals surface area contributed by atoms with E-state index in [9.17, 15) is 9.18 Å². The zero-order valence-electron chi connectivity index (χ0n) is 16.1. The first-order valence-electron chi connectivity index (χ1n) is 9.43. The fourth-order valence-electron chi connectivity index (χ4n) is 3.89. The van der Waals surface area contributed by atoms with Crippen molar-refractivity contribution in [3.63, 3.8) is 0 Å². The summed E-state index contributed by atoms with van der Waals surface area (Å²) in [5.74, 6) is -0.414. The van der Waals surface area contributed by atoms with Crippen molar-refractivity contribution in [3.8, 4) is 0 Å². The fraction of sp³-hybridized carbons (Fsp3) is 0.318. The van der Waals surface area contributed by atoms with Crippen LogP contribution >= 0.6 is 0 Å². The third kappa shape index (κ3) is 3.66. The molecule has 1 saturated heterocycles. The van der Waals surface area contributed by atoms with Crippen LogP contribution in [0.1, 0.15) is 22.1 Å². The Bertz CT molecular complexity index is 970. The Morgan fingerprint density at radius 1 is 1.21 bits per heavy atom. The van der Waals surface area contributed by atoms with Crippen molar-refractivity contribution in [2.24, 2.45) is 0 Å². The Morgan fingerprint density at radius 3 is 2.75 bits per heavy atom. The maximum absolute atomic E-state index is 13.5. The van der Waals surface area contributed by atoms with Crippen molar-refractivity contribution >= 4 is 16.8 Å². The van der Waals surface area contributed by atoms with Crippen molar-refractivity contribution in [1.82, 2.24) is 14.8 Å². The minimum atomic E-state index is -0.315. The summed E-state index contributed by atoms with van der Waals surface area (Å²) in [5, 5.41) is 0.692. The van der Waals surface area contributed by atoms with Crippen molar-refractivity contribution in [2.45, 2.75) is 12.1 Å². The van der Waals surface area contributed by atoms with Crippen LogP contribution in [0.15, 0.2) is 54.6 Å². The van der Waals surface area contributed by atoms with E-state index < -0.39 is 0 Å². The van der Waals surface area contributed by atoms with Crippen LogP contribution in [0.25, 0.3) is 10.9 Å². The van der Waals surface area contributed by atoms with Crippen LogP contribution in [0.4, 0.5) is 4.39 Å². The van der Waals surface area contributed by atoms with Gasteiger partial charge >= 0.3 is 0 Å². The number of nitrogens with zero attached hydrogens (tertiary/aromatic N) is 2. The number of aromatic amines is 1.